The zero-order valence-electron chi connectivity index (χ0n) is 9.08. The van der Waals surface area contributed by atoms with E-state index in [1.54, 1.807) is 0 Å². The van der Waals surface area contributed by atoms with E-state index in [1.165, 1.54) is 0 Å². The summed E-state index contributed by atoms with van der Waals surface area (Å²) in [6, 6.07) is 7.41. The topological polar surface area (TPSA) is 32.3 Å². The number of nitrogens with one attached hydrogen (secondary N) is 1. The number of carbonyl (C=O) groups excluding carboxylic acids is 1. The van der Waals surface area contributed by atoms with E-state index in [1.807, 2.05) is 29.2 Å². The molecule has 1 fully saturated rings. The average molecular weight is 239 g/mol. The minimum atomic E-state index is 0.198. The highest BCUT2D eigenvalue weighted by Crippen LogP contribution is 2.19. The van der Waals surface area contributed by atoms with Crippen molar-refractivity contribution in [1.82, 2.24) is 5.32 Å². The van der Waals surface area contributed by atoms with Gasteiger partial charge in [0.05, 0.1) is 0 Å². The first-order chi connectivity index (χ1) is 7.77. The number of benzene rings is 1. The van der Waals surface area contributed by atoms with Crippen LogP contribution >= 0.6 is 11.6 Å². The van der Waals surface area contributed by atoms with Gasteiger partial charge in [-0.25, -0.2) is 0 Å². The van der Waals surface area contributed by atoms with Crippen LogP contribution in [0, 0.1) is 0 Å². The highest BCUT2D eigenvalue weighted by molar-refractivity contribution is 6.30. The summed E-state index contributed by atoms with van der Waals surface area (Å²) in [7, 11) is 0. The fraction of sp³-hybridized carbons (Fsp3) is 0.417. The predicted molar refractivity (Wildman–Crippen MR) is 65.9 cm³/mol. The molecule has 0 atom stereocenters. The molecule has 1 aliphatic heterocycles. The number of nitrogens with zero attached hydrogens (tertiary/aromatic N) is 1. The number of hydrogen-bond donors (Lipinski definition) is 1. The lowest BCUT2D eigenvalue weighted by atomic mass is 10.2. The van der Waals surface area contributed by atoms with Crippen LogP contribution in [0.4, 0.5) is 5.69 Å². The van der Waals surface area contributed by atoms with Gasteiger partial charge in [0.2, 0.25) is 5.91 Å². The molecule has 0 saturated carbocycles. The van der Waals surface area contributed by atoms with E-state index in [2.05, 4.69) is 5.32 Å². The summed E-state index contributed by atoms with van der Waals surface area (Å²) < 4.78 is 0. The summed E-state index contributed by atoms with van der Waals surface area (Å²) in [5, 5.41) is 3.99. The molecule has 1 amide bonds. The first-order valence-corrected chi connectivity index (χ1v) is 5.92. The lowest BCUT2D eigenvalue weighted by molar-refractivity contribution is -0.118. The highest BCUT2D eigenvalue weighted by Gasteiger charge is 2.16. The molecule has 16 heavy (non-hydrogen) atoms. The molecule has 0 aliphatic carbocycles. The zero-order chi connectivity index (χ0) is 11.4. The second-order valence-electron chi connectivity index (χ2n) is 3.88. The second-order valence-corrected chi connectivity index (χ2v) is 4.31. The van der Waals surface area contributed by atoms with Gasteiger partial charge in [-0.05, 0) is 37.2 Å². The van der Waals surface area contributed by atoms with Crippen molar-refractivity contribution in [2.24, 2.45) is 0 Å². The monoisotopic (exact) mass is 238 g/mol. The van der Waals surface area contributed by atoms with Gasteiger partial charge in [-0.15, -0.1) is 0 Å². The van der Waals surface area contributed by atoms with Gasteiger partial charge in [0.15, 0.2) is 0 Å². The third-order valence-electron chi connectivity index (χ3n) is 2.70. The van der Waals surface area contributed by atoms with Gasteiger partial charge in [0.25, 0.3) is 0 Å². The lowest BCUT2D eigenvalue weighted by Crippen LogP contribution is -2.39. The molecule has 1 aliphatic rings. The van der Waals surface area contributed by atoms with Crippen LogP contribution in [0.25, 0.3) is 0 Å². The summed E-state index contributed by atoms with van der Waals surface area (Å²) in [6.07, 6.45) is 1.51. The van der Waals surface area contributed by atoms with Crippen LogP contribution < -0.4 is 10.2 Å². The molecular formula is C12H15ClN2O. The van der Waals surface area contributed by atoms with Gasteiger partial charge >= 0.3 is 0 Å². The Morgan fingerprint density at radius 2 is 1.94 bits per heavy atom. The van der Waals surface area contributed by atoms with Crippen molar-refractivity contribution in [2.75, 3.05) is 24.5 Å². The van der Waals surface area contributed by atoms with Gasteiger partial charge < -0.3 is 10.2 Å². The minimum absolute atomic E-state index is 0.198. The predicted octanol–water partition coefficient (Wildman–Crippen LogP) is 2.06. The quantitative estimate of drug-likeness (QED) is 0.812. The first kappa shape index (κ1) is 11.4. The van der Waals surface area contributed by atoms with E-state index in [0.717, 1.165) is 31.7 Å². The summed E-state index contributed by atoms with van der Waals surface area (Å²) >= 11 is 5.83. The van der Waals surface area contributed by atoms with Gasteiger partial charge in [-0.1, -0.05) is 11.6 Å². The smallest absolute Gasteiger partial charge is 0.227 e. The maximum absolute atomic E-state index is 11.9. The molecule has 1 heterocycles. The maximum atomic E-state index is 11.9. The largest absolute Gasteiger partial charge is 0.315 e. The molecule has 0 bridgehead atoms. The summed E-state index contributed by atoms with van der Waals surface area (Å²) in [5.41, 5.74) is 0.929. The summed E-state index contributed by atoms with van der Waals surface area (Å²) in [4.78, 5) is 13.7. The summed E-state index contributed by atoms with van der Waals surface area (Å²) in [5.74, 6) is 0.198. The molecule has 0 radical (unpaired) electrons. The third-order valence-corrected chi connectivity index (χ3v) is 2.95. The van der Waals surface area contributed by atoms with Crippen LogP contribution in [0.15, 0.2) is 24.3 Å². The third kappa shape index (κ3) is 2.74. The Balaban J connectivity index is 2.15. The van der Waals surface area contributed by atoms with Crippen molar-refractivity contribution < 1.29 is 4.79 Å². The molecule has 1 N–H and O–H groups in total. The molecule has 1 saturated heterocycles. The number of hydrogen-bond acceptors (Lipinski definition) is 2. The summed E-state index contributed by atoms with van der Waals surface area (Å²) in [6.45, 7) is 2.50. The van der Waals surface area contributed by atoms with Crippen LogP contribution in [-0.4, -0.2) is 25.5 Å². The Hall–Kier alpha value is -1.06. The number of halogens is 1. The van der Waals surface area contributed by atoms with Crippen molar-refractivity contribution in [2.45, 2.75) is 12.8 Å². The number of amides is 1. The van der Waals surface area contributed by atoms with Crippen LogP contribution in [0.3, 0.4) is 0 Å². The second kappa shape index (κ2) is 5.32. The van der Waals surface area contributed by atoms with E-state index >= 15 is 0 Å². The van der Waals surface area contributed by atoms with E-state index < -0.39 is 0 Å². The lowest BCUT2D eigenvalue weighted by Gasteiger charge is -2.25. The van der Waals surface area contributed by atoms with Gasteiger partial charge in [0.1, 0.15) is 0 Å². The molecular weight excluding hydrogens is 224 g/mol. The Kier molecular flexibility index (Phi) is 3.80. The van der Waals surface area contributed by atoms with Gasteiger partial charge in [0, 0.05) is 30.2 Å². The molecule has 3 nitrogen and oxygen atoms in total. The molecule has 0 spiro atoms. The standard InChI is InChI=1S/C12H15ClN2O/c13-10-3-5-11(6-4-10)15-9-8-14-7-1-2-12(15)16/h3-6,14H,1-2,7-9H2. The SMILES string of the molecule is O=C1CCCNCCN1c1ccc(Cl)cc1. The fourth-order valence-corrected chi connectivity index (χ4v) is 1.96. The maximum Gasteiger partial charge on any atom is 0.227 e. The number of anilines is 1. The molecule has 0 aromatic heterocycles. The zero-order valence-corrected chi connectivity index (χ0v) is 9.83. The van der Waals surface area contributed by atoms with Gasteiger partial charge in [-0.2, -0.15) is 0 Å². The van der Waals surface area contributed by atoms with Crippen molar-refractivity contribution in [3.63, 3.8) is 0 Å². The Labute approximate surface area is 100 Å². The normalized spacial score (nSPS) is 18.1. The number of carbonyl (C=O) groups is 1. The van der Waals surface area contributed by atoms with Crippen LogP contribution in [0.2, 0.25) is 5.02 Å². The number of rotatable bonds is 1. The molecule has 2 rings (SSSR count). The first-order valence-electron chi connectivity index (χ1n) is 5.54. The van der Waals surface area contributed by atoms with E-state index in [4.69, 9.17) is 11.6 Å². The van der Waals surface area contributed by atoms with Crippen LogP contribution in [0.5, 0.6) is 0 Å². The highest BCUT2D eigenvalue weighted by atomic mass is 35.5. The van der Waals surface area contributed by atoms with Crippen molar-refractivity contribution in [3.05, 3.63) is 29.3 Å². The molecule has 86 valence electrons. The van der Waals surface area contributed by atoms with Crippen molar-refractivity contribution in [1.29, 1.82) is 0 Å². The minimum Gasteiger partial charge on any atom is -0.315 e. The Bertz CT molecular complexity index is 364. The average Bonchev–Trinajstić information content (AvgIpc) is 2.26. The van der Waals surface area contributed by atoms with Crippen LogP contribution in [0.1, 0.15) is 12.8 Å². The molecule has 4 heteroatoms. The van der Waals surface area contributed by atoms with E-state index in [-0.39, 0.29) is 5.91 Å². The molecule has 1 aromatic carbocycles. The van der Waals surface area contributed by atoms with E-state index in [0.29, 0.717) is 11.4 Å². The fourth-order valence-electron chi connectivity index (χ4n) is 1.83. The van der Waals surface area contributed by atoms with Crippen molar-refractivity contribution in [3.8, 4) is 0 Å². The van der Waals surface area contributed by atoms with Gasteiger partial charge in [-0.3, -0.25) is 4.79 Å². The Morgan fingerprint density at radius 1 is 1.19 bits per heavy atom. The molecule has 0 unspecified atom stereocenters. The van der Waals surface area contributed by atoms with E-state index in [9.17, 15) is 4.79 Å². The van der Waals surface area contributed by atoms with Crippen molar-refractivity contribution >= 4 is 23.2 Å². The Morgan fingerprint density at radius 3 is 2.69 bits per heavy atom. The van der Waals surface area contributed by atoms with Crippen LogP contribution in [-0.2, 0) is 4.79 Å². The molecule has 1 aromatic rings.